The standard InChI is InChI=1S/C42H51N7O5/c1-23(2)33(46-40(50)52-7)21-49-24(3)10-15-35(49)38-43-20-32(45-38)26-11-13-28-27(17-26)22-53-36-19-29-25(18-30(28)36)12-14-31-37(29)47-39(44-31)34-9-8-16-48(34)41(51)54-42(4,5)6/h11-14,17-20,23-24,33-35H,8-10,15-16,21-22H2,1-7H3,(H,43,45)(H,44,47)(H,46,50)/t24-,33+,34-,35-/m0/s1. The lowest BCUT2D eigenvalue weighted by molar-refractivity contribution is 0.0219. The molecule has 0 radical (unpaired) electrons. The number of amides is 2. The van der Waals surface area contributed by atoms with E-state index in [0.29, 0.717) is 19.2 Å². The third kappa shape index (κ3) is 6.76. The van der Waals surface area contributed by atoms with Crippen LogP contribution in [0, 0.1) is 5.92 Å². The summed E-state index contributed by atoms with van der Waals surface area (Å²) in [6.07, 6.45) is 5.02. The van der Waals surface area contributed by atoms with Gasteiger partial charge in [0, 0.05) is 36.1 Å². The van der Waals surface area contributed by atoms with Crippen molar-refractivity contribution in [2.75, 3.05) is 20.2 Å². The third-order valence-electron chi connectivity index (χ3n) is 11.3. The number of imidazole rings is 2. The number of carbonyl (C=O) groups excluding carboxylic acids is 2. The van der Waals surface area contributed by atoms with Crippen LogP contribution in [-0.4, -0.2) is 79.8 Å². The number of nitrogens with one attached hydrogen (secondary N) is 3. The van der Waals surface area contributed by atoms with Crippen molar-refractivity contribution in [2.24, 2.45) is 5.92 Å². The van der Waals surface area contributed by atoms with Crippen LogP contribution in [0.2, 0.25) is 0 Å². The fraction of sp³-hybridized carbons (Fsp3) is 0.476. The number of fused-ring (bicyclic) bond motifs is 6. The molecular formula is C42H51N7O5. The summed E-state index contributed by atoms with van der Waals surface area (Å²) in [5.41, 5.74) is 6.59. The highest BCUT2D eigenvalue weighted by molar-refractivity contribution is 6.07. The summed E-state index contributed by atoms with van der Waals surface area (Å²) in [7, 11) is 1.40. The second-order valence-corrected chi connectivity index (χ2v) is 16.5. The van der Waals surface area contributed by atoms with Gasteiger partial charge in [-0.1, -0.05) is 32.0 Å². The van der Waals surface area contributed by atoms with Gasteiger partial charge in [0.25, 0.3) is 0 Å². The first-order valence-corrected chi connectivity index (χ1v) is 19.2. The Balaban J connectivity index is 1.04. The van der Waals surface area contributed by atoms with Crippen LogP contribution in [0.5, 0.6) is 5.75 Å². The summed E-state index contributed by atoms with van der Waals surface area (Å²) in [6, 6.07) is 15.3. The van der Waals surface area contributed by atoms with Crippen LogP contribution >= 0.6 is 0 Å². The normalized spacial score (nSPS) is 20.6. The highest BCUT2D eigenvalue weighted by Gasteiger charge is 2.37. The minimum Gasteiger partial charge on any atom is -0.488 e. The number of hydrogen-bond acceptors (Lipinski definition) is 8. The van der Waals surface area contributed by atoms with Crippen molar-refractivity contribution >= 4 is 34.0 Å². The molecule has 2 aromatic heterocycles. The molecule has 3 N–H and O–H groups in total. The van der Waals surface area contributed by atoms with Gasteiger partial charge in [0.05, 0.1) is 42.1 Å². The average molecular weight is 734 g/mol. The van der Waals surface area contributed by atoms with E-state index >= 15 is 0 Å². The number of carbonyl (C=O) groups is 2. The van der Waals surface area contributed by atoms with Crippen molar-refractivity contribution < 1.29 is 23.8 Å². The van der Waals surface area contributed by atoms with Gasteiger partial charge in [-0.3, -0.25) is 9.80 Å². The lowest BCUT2D eigenvalue weighted by Crippen LogP contribution is -2.48. The van der Waals surface area contributed by atoms with Gasteiger partial charge in [-0.25, -0.2) is 19.6 Å². The monoisotopic (exact) mass is 733 g/mol. The first-order chi connectivity index (χ1) is 25.9. The van der Waals surface area contributed by atoms with Gasteiger partial charge in [0.2, 0.25) is 0 Å². The van der Waals surface area contributed by atoms with Crippen LogP contribution in [0.3, 0.4) is 0 Å². The van der Waals surface area contributed by atoms with Crippen LogP contribution in [0.15, 0.2) is 48.7 Å². The van der Waals surface area contributed by atoms with Crippen LogP contribution in [0.4, 0.5) is 9.59 Å². The minimum absolute atomic E-state index is 0.0351. The van der Waals surface area contributed by atoms with Gasteiger partial charge in [-0.15, -0.1) is 0 Å². The van der Waals surface area contributed by atoms with E-state index in [9.17, 15) is 9.59 Å². The molecule has 0 unspecified atom stereocenters. The Labute approximate surface area is 316 Å². The van der Waals surface area contributed by atoms with E-state index in [1.807, 2.05) is 27.0 Å². The minimum atomic E-state index is -0.558. The summed E-state index contributed by atoms with van der Waals surface area (Å²) in [4.78, 5) is 46.4. The molecule has 5 heterocycles. The number of ether oxygens (including phenoxy) is 3. The van der Waals surface area contributed by atoms with E-state index < -0.39 is 11.7 Å². The molecular weight excluding hydrogens is 683 g/mol. The fourth-order valence-electron chi connectivity index (χ4n) is 8.37. The number of likely N-dealkylation sites (tertiary alicyclic amines) is 2. The van der Waals surface area contributed by atoms with Crippen LogP contribution in [-0.2, 0) is 16.1 Å². The Morgan fingerprint density at radius 2 is 1.85 bits per heavy atom. The van der Waals surface area contributed by atoms with E-state index in [2.05, 4.69) is 83.4 Å². The summed E-state index contributed by atoms with van der Waals surface area (Å²) in [5.74, 6) is 2.81. The second kappa shape index (κ2) is 14.0. The maximum Gasteiger partial charge on any atom is 0.410 e. The maximum absolute atomic E-state index is 13.0. The predicted octanol–water partition coefficient (Wildman–Crippen LogP) is 8.64. The summed E-state index contributed by atoms with van der Waals surface area (Å²) >= 11 is 0. The second-order valence-electron chi connectivity index (χ2n) is 16.5. The van der Waals surface area contributed by atoms with Crippen molar-refractivity contribution in [1.82, 2.24) is 35.1 Å². The zero-order valence-electron chi connectivity index (χ0n) is 32.3. The molecule has 12 nitrogen and oxygen atoms in total. The predicted molar refractivity (Wildman–Crippen MR) is 208 cm³/mol. The molecule has 3 aliphatic heterocycles. The summed E-state index contributed by atoms with van der Waals surface area (Å²) in [5, 5.41) is 5.11. The number of H-pyrrole nitrogens is 2. The Morgan fingerprint density at radius 1 is 1.02 bits per heavy atom. The molecule has 12 heteroatoms. The molecule has 3 aromatic carbocycles. The average Bonchev–Trinajstić information content (AvgIpc) is 3.96. The first-order valence-electron chi connectivity index (χ1n) is 19.2. The molecule has 0 bridgehead atoms. The van der Waals surface area contributed by atoms with Crippen molar-refractivity contribution in [2.45, 2.75) is 104 Å². The van der Waals surface area contributed by atoms with E-state index in [4.69, 9.17) is 24.2 Å². The quantitative estimate of drug-likeness (QED) is 0.151. The number of aromatic amines is 2. The van der Waals surface area contributed by atoms with Gasteiger partial charge in [0.15, 0.2) is 0 Å². The zero-order valence-corrected chi connectivity index (χ0v) is 32.3. The van der Waals surface area contributed by atoms with Crippen LogP contribution in [0.25, 0.3) is 44.2 Å². The van der Waals surface area contributed by atoms with Crippen molar-refractivity contribution in [3.63, 3.8) is 0 Å². The van der Waals surface area contributed by atoms with Gasteiger partial charge in [-0.2, -0.15) is 0 Å². The Bertz CT molecular complexity index is 2220. The van der Waals surface area contributed by atoms with E-state index in [-0.39, 0.29) is 30.1 Å². The molecule has 2 fully saturated rings. The smallest absolute Gasteiger partial charge is 0.410 e. The molecule has 0 aliphatic carbocycles. The van der Waals surface area contributed by atoms with Gasteiger partial charge in [-0.05, 0) is 106 Å². The zero-order chi connectivity index (χ0) is 37.9. The van der Waals surface area contributed by atoms with Crippen LogP contribution in [0.1, 0.15) is 96.5 Å². The molecule has 0 spiro atoms. The summed E-state index contributed by atoms with van der Waals surface area (Å²) in [6.45, 7) is 14.0. The molecule has 0 saturated carbocycles. The third-order valence-corrected chi connectivity index (χ3v) is 11.3. The molecule has 3 aliphatic rings. The van der Waals surface area contributed by atoms with E-state index in [1.54, 1.807) is 4.90 Å². The number of aromatic nitrogens is 4. The molecule has 284 valence electrons. The highest BCUT2D eigenvalue weighted by atomic mass is 16.6. The fourth-order valence-corrected chi connectivity index (χ4v) is 8.37. The highest BCUT2D eigenvalue weighted by Crippen LogP contribution is 2.43. The number of alkyl carbamates (subject to hydrolysis) is 1. The largest absolute Gasteiger partial charge is 0.488 e. The molecule has 8 rings (SSSR count). The number of rotatable bonds is 7. The van der Waals surface area contributed by atoms with Crippen LogP contribution < -0.4 is 10.1 Å². The molecule has 5 aromatic rings. The van der Waals surface area contributed by atoms with E-state index in [0.717, 1.165) is 99.4 Å². The topological polar surface area (TPSA) is 138 Å². The Hall–Kier alpha value is -5.10. The van der Waals surface area contributed by atoms with Crippen molar-refractivity contribution in [1.29, 1.82) is 0 Å². The maximum atomic E-state index is 13.0. The number of nitrogens with zero attached hydrogens (tertiary/aromatic N) is 4. The number of benzene rings is 3. The Morgan fingerprint density at radius 3 is 2.63 bits per heavy atom. The van der Waals surface area contributed by atoms with E-state index in [1.165, 1.54) is 7.11 Å². The number of methoxy groups -OCH3 is 1. The van der Waals surface area contributed by atoms with Gasteiger partial charge in [0.1, 0.15) is 29.6 Å². The molecule has 2 saturated heterocycles. The lowest BCUT2D eigenvalue weighted by atomic mass is 9.92. The number of hydrogen-bond donors (Lipinski definition) is 3. The summed E-state index contributed by atoms with van der Waals surface area (Å²) < 4.78 is 17.0. The van der Waals surface area contributed by atoms with Crippen molar-refractivity contribution in [3.05, 3.63) is 65.9 Å². The SMILES string of the molecule is COC(=O)N[C@H](CN1[C@@H](C)CC[C@H]1c1ncc(-c2ccc3c(c2)COc2cc4c(ccc5[nH]c([C@@H]6CCCN6C(=O)OC(C)(C)C)nc54)cc2-3)[nH]1)C(C)C. The molecule has 2 amide bonds. The van der Waals surface area contributed by atoms with Gasteiger partial charge >= 0.3 is 12.2 Å². The van der Waals surface area contributed by atoms with Crippen molar-refractivity contribution in [3.8, 4) is 28.1 Å². The van der Waals surface area contributed by atoms with Gasteiger partial charge < -0.3 is 29.5 Å². The molecule has 54 heavy (non-hydrogen) atoms. The first kappa shape index (κ1) is 35.9. The Kier molecular flexibility index (Phi) is 9.28. The lowest BCUT2D eigenvalue weighted by Gasteiger charge is -2.33. The molecule has 4 atom stereocenters.